The highest BCUT2D eigenvalue weighted by Gasteiger charge is 2.33. The molecule has 0 aromatic rings. The Kier molecular flexibility index (Phi) is 4.60. The molecular weight excluding hydrogens is 284 g/mol. The van der Waals surface area contributed by atoms with Crippen molar-refractivity contribution >= 4 is 28.9 Å². The number of aliphatic imine (C=N–C) groups is 1. The van der Waals surface area contributed by atoms with Gasteiger partial charge in [0.2, 0.25) is 11.0 Å². The van der Waals surface area contributed by atoms with E-state index in [2.05, 4.69) is 4.99 Å². The van der Waals surface area contributed by atoms with Crippen molar-refractivity contribution in [3.8, 4) is 0 Å². The number of nitrogens with zero attached hydrogens (tertiary/aromatic N) is 2. The summed E-state index contributed by atoms with van der Waals surface area (Å²) in [6.07, 6.45) is 13.6. The van der Waals surface area contributed by atoms with Crippen molar-refractivity contribution in [1.29, 1.82) is 0 Å². The summed E-state index contributed by atoms with van der Waals surface area (Å²) in [4.78, 5) is 18.4. The molecule has 21 heavy (non-hydrogen) atoms. The van der Waals surface area contributed by atoms with E-state index in [9.17, 15) is 4.79 Å². The molecule has 0 saturated heterocycles. The Bertz CT molecular complexity index is 518. The van der Waals surface area contributed by atoms with Crippen molar-refractivity contribution < 1.29 is 9.53 Å². The van der Waals surface area contributed by atoms with Gasteiger partial charge in [-0.2, -0.15) is 0 Å². The predicted molar refractivity (Wildman–Crippen MR) is 86.3 cm³/mol. The Hall–Kier alpha value is -1.33. The molecule has 3 aliphatic rings. The molecule has 2 aliphatic carbocycles. The first kappa shape index (κ1) is 14.6. The quantitative estimate of drug-likeness (QED) is 0.579. The number of fused-ring (bicyclic) bond motifs is 1. The second-order valence-electron chi connectivity index (χ2n) is 5.66. The van der Waals surface area contributed by atoms with E-state index in [1.807, 2.05) is 24.3 Å². The van der Waals surface area contributed by atoms with Crippen LogP contribution >= 0.6 is 12.2 Å². The van der Waals surface area contributed by atoms with Gasteiger partial charge >= 0.3 is 0 Å². The normalized spacial score (nSPS) is 25.4. The Labute approximate surface area is 130 Å². The van der Waals surface area contributed by atoms with Crippen LogP contribution < -0.4 is 0 Å². The van der Waals surface area contributed by atoms with Crippen molar-refractivity contribution in [1.82, 2.24) is 4.90 Å². The van der Waals surface area contributed by atoms with Crippen LogP contribution in [-0.4, -0.2) is 40.9 Å². The van der Waals surface area contributed by atoms with Crippen LogP contribution in [-0.2, 0) is 9.53 Å². The van der Waals surface area contributed by atoms with Gasteiger partial charge in [0.15, 0.2) is 0 Å². The van der Waals surface area contributed by atoms with Gasteiger partial charge in [-0.1, -0.05) is 31.1 Å². The van der Waals surface area contributed by atoms with Crippen LogP contribution in [0.1, 0.15) is 32.1 Å². The highest BCUT2D eigenvalue weighted by atomic mass is 32.1. The first-order chi connectivity index (χ1) is 10.3. The maximum Gasteiger partial charge on any atom is 0.241 e. The van der Waals surface area contributed by atoms with E-state index in [0.717, 1.165) is 12.1 Å². The van der Waals surface area contributed by atoms with E-state index in [0.29, 0.717) is 24.4 Å². The molecule has 0 radical (unpaired) electrons. The third-order valence-corrected chi connectivity index (χ3v) is 4.48. The topological polar surface area (TPSA) is 41.9 Å². The molecule has 1 heterocycles. The summed E-state index contributed by atoms with van der Waals surface area (Å²) in [5.41, 5.74) is 0.756. The third-order valence-electron chi connectivity index (χ3n) is 4.17. The Morgan fingerprint density at radius 3 is 2.95 bits per heavy atom. The highest BCUT2D eigenvalue weighted by Crippen LogP contribution is 2.22. The lowest BCUT2D eigenvalue weighted by atomic mass is 9.95. The lowest BCUT2D eigenvalue weighted by Crippen LogP contribution is -2.46. The maximum absolute atomic E-state index is 12.5. The molecule has 0 spiro atoms. The standard InChI is InChI=1S/C16H20N2O2S/c19-15-13-8-3-4-9-14(13)17-16(21)18(15)10-5-11-20-12-6-1-2-7-12/h3-4,8-9,12-13H,1-2,5-7,10-11H2. The lowest BCUT2D eigenvalue weighted by molar-refractivity contribution is -0.128. The minimum Gasteiger partial charge on any atom is -0.378 e. The van der Waals surface area contributed by atoms with Gasteiger partial charge in [-0.25, -0.2) is 4.99 Å². The van der Waals surface area contributed by atoms with Gasteiger partial charge in [0.25, 0.3) is 0 Å². The van der Waals surface area contributed by atoms with Gasteiger partial charge in [-0.15, -0.1) is 0 Å². The average Bonchev–Trinajstić information content (AvgIpc) is 2.99. The third kappa shape index (κ3) is 3.30. The molecule has 1 aliphatic heterocycles. The summed E-state index contributed by atoms with van der Waals surface area (Å²) in [5.74, 6) is -0.232. The van der Waals surface area contributed by atoms with Gasteiger partial charge in [0.1, 0.15) is 0 Å². The molecule has 0 aromatic heterocycles. The second kappa shape index (κ2) is 6.62. The van der Waals surface area contributed by atoms with Gasteiger partial charge in [0, 0.05) is 13.2 Å². The van der Waals surface area contributed by atoms with Gasteiger partial charge in [-0.3, -0.25) is 9.69 Å². The number of thiocarbonyl (C=S) groups is 1. The fraction of sp³-hybridized carbons (Fsp3) is 0.562. The van der Waals surface area contributed by atoms with Crippen molar-refractivity contribution in [2.75, 3.05) is 13.2 Å². The second-order valence-corrected chi connectivity index (χ2v) is 6.03. The Morgan fingerprint density at radius 2 is 2.14 bits per heavy atom. The molecule has 3 rings (SSSR count). The lowest BCUT2D eigenvalue weighted by Gasteiger charge is -2.30. The number of ether oxygens (including phenoxy) is 1. The van der Waals surface area contributed by atoms with Gasteiger partial charge < -0.3 is 4.74 Å². The minimum absolute atomic E-state index is 0.0338. The number of carbonyl (C=O) groups excluding carboxylic acids is 1. The molecule has 1 saturated carbocycles. The summed E-state index contributed by atoms with van der Waals surface area (Å²) >= 11 is 5.25. The van der Waals surface area contributed by atoms with Crippen LogP contribution in [0.4, 0.5) is 0 Å². The number of amides is 1. The molecule has 5 heteroatoms. The number of carbonyl (C=O) groups is 1. The minimum atomic E-state index is -0.266. The van der Waals surface area contributed by atoms with Crippen molar-refractivity contribution in [2.45, 2.75) is 38.2 Å². The number of hydrogen-bond acceptors (Lipinski definition) is 3. The smallest absolute Gasteiger partial charge is 0.241 e. The van der Waals surface area contributed by atoms with Gasteiger partial charge in [0.05, 0.1) is 17.7 Å². The molecule has 1 amide bonds. The van der Waals surface area contributed by atoms with Crippen LogP contribution in [0.5, 0.6) is 0 Å². The highest BCUT2D eigenvalue weighted by molar-refractivity contribution is 7.80. The summed E-state index contributed by atoms with van der Waals surface area (Å²) in [7, 11) is 0. The maximum atomic E-state index is 12.5. The van der Waals surface area contributed by atoms with Crippen molar-refractivity contribution in [3.05, 3.63) is 24.3 Å². The Balaban J connectivity index is 1.52. The van der Waals surface area contributed by atoms with Crippen molar-refractivity contribution in [2.24, 2.45) is 10.9 Å². The van der Waals surface area contributed by atoms with Gasteiger partial charge in [-0.05, 0) is 37.6 Å². The van der Waals surface area contributed by atoms with Crippen LogP contribution in [0, 0.1) is 5.92 Å². The van der Waals surface area contributed by atoms with Crippen LogP contribution in [0.3, 0.4) is 0 Å². The zero-order valence-corrected chi connectivity index (χ0v) is 12.8. The summed E-state index contributed by atoms with van der Waals surface area (Å²) in [6.45, 7) is 1.28. The largest absolute Gasteiger partial charge is 0.378 e. The van der Waals surface area contributed by atoms with E-state index in [1.54, 1.807) is 4.90 Å². The zero-order valence-electron chi connectivity index (χ0n) is 12.0. The summed E-state index contributed by atoms with van der Waals surface area (Å²) in [5, 5.41) is 0.382. The molecule has 1 atom stereocenters. The van der Waals surface area contributed by atoms with E-state index in [4.69, 9.17) is 17.0 Å². The van der Waals surface area contributed by atoms with Crippen LogP contribution in [0.2, 0.25) is 0 Å². The van der Waals surface area contributed by atoms with Crippen LogP contribution in [0.25, 0.3) is 0 Å². The monoisotopic (exact) mass is 304 g/mol. The SMILES string of the molecule is O=C1C2C=CC=CC2=NC(=S)N1CCCOC1CCCC1. The molecule has 0 aromatic carbocycles. The fourth-order valence-electron chi connectivity index (χ4n) is 3.01. The number of rotatable bonds is 5. The molecular formula is C16H20N2O2S. The number of allylic oxidation sites excluding steroid dienone is 3. The van der Waals surface area contributed by atoms with Crippen molar-refractivity contribution in [3.63, 3.8) is 0 Å². The summed E-state index contributed by atoms with van der Waals surface area (Å²) in [6, 6.07) is 0. The molecule has 0 bridgehead atoms. The molecule has 1 unspecified atom stereocenters. The first-order valence-corrected chi connectivity index (χ1v) is 8.07. The number of hydrogen-bond donors (Lipinski definition) is 0. The molecule has 0 N–H and O–H groups in total. The van der Waals surface area contributed by atoms with E-state index in [1.165, 1.54) is 25.7 Å². The molecule has 4 nitrogen and oxygen atoms in total. The van der Waals surface area contributed by atoms with E-state index < -0.39 is 0 Å². The van der Waals surface area contributed by atoms with E-state index in [-0.39, 0.29) is 11.8 Å². The average molecular weight is 304 g/mol. The van der Waals surface area contributed by atoms with Crippen LogP contribution in [0.15, 0.2) is 29.3 Å². The van der Waals surface area contributed by atoms with E-state index >= 15 is 0 Å². The summed E-state index contributed by atoms with van der Waals surface area (Å²) < 4.78 is 5.83. The fourth-order valence-corrected chi connectivity index (χ4v) is 3.30. The predicted octanol–water partition coefficient (Wildman–Crippen LogP) is 2.65. The molecule has 112 valence electrons. The zero-order chi connectivity index (χ0) is 14.7. The molecule has 1 fully saturated rings. The Morgan fingerprint density at radius 1 is 1.33 bits per heavy atom. The first-order valence-electron chi connectivity index (χ1n) is 7.66.